The van der Waals surface area contributed by atoms with E-state index < -0.39 is 0 Å². The Bertz CT molecular complexity index is 558. The van der Waals surface area contributed by atoms with E-state index in [1.54, 1.807) is 0 Å². The maximum Gasteiger partial charge on any atom is 0.239 e. The van der Waals surface area contributed by atoms with E-state index in [2.05, 4.69) is 15.6 Å². The van der Waals surface area contributed by atoms with Crippen LogP contribution in [0.25, 0.3) is 5.65 Å². The van der Waals surface area contributed by atoms with E-state index in [1.165, 1.54) is 6.92 Å². The zero-order valence-electron chi connectivity index (χ0n) is 10.7. The second kappa shape index (κ2) is 5.99. The van der Waals surface area contributed by atoms with Gasteiger partial charge in [0.1, 0.15) is 5.65 Å². The van der Waals surface area contributed by atoms with Gasteiger partial charge in [-0.25, -0.2) is 4.98 Å². The van der Waals surface area contributed by atoms with Gasteiger partial charge in [0.2, 0.25) is 11.8 Å². The van der Waals surface area contributed by atoms with Crippen LogP contribution in [0, 0.1) is 0 Å². The summed E-state index contributed by atoms with van der Waals surface area (Å²) in [5.74, 6) is -0.408. The molecule has 2 aromatic rings. The predicted molar refractivity (Wildman–Crippen MR) is 70.6 cm³/mol. The first-order valence-electron chi connectivity index (χ1n) is 6.09. The Balaban J connectivity index is 1.79. The van der Waals surface area contributed by atoms with Crippen molar-refractivity contribution in [2.24, 2.45) is 0 Å². The van der Waals surface area contributed by atoms with E-state index in [0.29, 0.717) is 13.0 Å². The highest BCUT2D eigenvalue weighted by molar-refractivity contribution is 5.83. The maximum atomic E-state index is 11.4. The molecule has 0 saturated carbocycles. The molecule has 0 fully saturated rings. The van der Waals surface area contributed by atoms with Gasteiger partial charge in [0, 0.05) is 32.3 Å². The van der Waals surface area contributed by atoms with Gasteiger partial charge in [-0.1, -0.05) is 6.07 Å². The summed E-state index contributed by atoms with van der Waals surface area (Å²) in [7, 11) is 0. The van der Waals surface area contributed by atoms with Crippen molar-refractivity contribution in [1.82, 2.24) is 20.0 Å². The minimum atomic E-state index is -0.212. The van der Waals surface area contributed by atoms with Crippen LogP contribution in [0.1, 0.15) is 12.6 Å². The molecule has 0 aliphatic carbocycles. The van der Waals surface area contributed by atoms with Crippen LogP contribution < -0.4 is 10.6 Å². The highest BCUT2D eigenvalue weighted by atomic mass is 16.2. The van der Waals surface area contributed by atoms with Crippen molar-refractivity contribution in [2.75, 3.05) is 13.1 Å². The molecule has 0 bridgehead atoms. The molecule has 2 N–H and O–H groups in total. The quantitative estimate of drug-likeness (QED) is 0.802. The number of nitrogens with zero attached hydrogens (tertiary/aromatic N) is 2. The fraction of sp³-hybridized carbons (Fsp3) is 0.308. The molecular formula is C13H16N4O2. The monoisotopic (exact) mass is 260 g/mol. The molecule has 0 saturated heterocycles. The molecule has 2 amide bonds. The van der Waals surface area contributed by atoms with E-state index in [4.69, 9.17) is 0 Å². The first kappa shape index (κ1) is 13.1. The zero-order chi connectivity index (χ0) is 13.7. The Hall–Kier alpha value is -2.37. The largest absolute Gasteiger partial charge is 0.354 e. The van der Waals surface area contributed by atoms with Gasteiger partial charge in [-0.2, -0.15) is 0 Å². The Labute approximate surface area is 110 Å². The maximum absolute atomic E-state index is 11.4. The number of amides is 2. The minimum Gasteiger partial charge on any atom is -0.354 e. The van der Waals surface area contributed by atoms with Crippen LogP contribution in [0.15, 0.2) is 30.6 Å². The van der Waals surface area contributed by atoms with Crippen LogP contribution in [0.5, 0.6) is 0 Å². The minimum absolute atomic E-state index is 0.0144. The molecule has 2 aromatic heterocycles. The molecule has 0 aliphatic rings. The van der Waals surface area contributed by atoms with Gasteiger partial charge in [0.05, 0.1) is 12.2 Å². The number of fused-ring (bicyclic) bond motifs is 1. The number of hydrogen-bond acceptors (Lipinski definition) is 3. The molecule has 0 unspecified atom stereocenters. The van der Waals surface area contributed by atoms with Crippen LogP contribution in [-0.2, 0) is 16.0 Å². The van der Waals surface area contributed by atoms with Crippen molar-refractivity contribution >= 4 is 17.5 Å². The first-order valence-corrected chi connectivity index (χ1v) is 6.09. The third-order valence-electron chi connectivity index (χ3n) is 2.62. The van der Waals surface area contributed by atoms with Crippen LogP contribution in [0.4, 0.5) is 0 Å². The van der Waals surface area contributed by atoms with Gasteiger partial charge >= 0.3 is 0 Å². The fourth-order valence-corrected chi connectivity index (χ4v) is 1.70. The van der Waals surface area contributed by atoms with E-state index in [9.17, 15) is 9.59 Å². The lowest BCUT2D eigenvalue weighted by Gasteiger charge is -2.03. The van der Waals surface area contributed by atoms with E-state index in [1.807, 2.05) is 35.0 Å². The molecule has 0 spiro atoms. The van der Waals surface area contributed by atoms with Crippen LogP contribution in [0.3, 0.4) is 0 Å². The number of aromatic nitrogens is 2. The average molecular weight is 260 g/mol. The standard InChI is InChI=1S/C13H16N4O2/c1-10(18)15-8-13(19)14-6-5-11-9-17-7-3-2-4-12(17)16-11/h2-4,7,9H,5-6,8H2,1H3,(H,14,19)(H,15,18). The van der Waals surface area contributed by atoms with Crippen molar-refractivity contribution in [2.45, 2.75) is 13.3 Å². The van der Waals surface area contributed by atoms with Crippen molar-refractivity contribution in [3.8, 4) is 0 Å². The third kappa shape index (κ3) is 3.80. The fourth-order valence-electron chi connectivity index (χ4n) is 1.70. The van der Waals surface area contributed by atoms with Crippen molar-refractivity contribution < 1.29 is 9.59 Å². The summed E-state index contributed by atoms with van der Waals surface area (Å²) in [4.78, 5) is 26.4. The lowest BCUT2D eigenvalue weighted by atomic mass is 10.3. The van der Waals surface area contributed by atoms with Gasteiger partial charge < -0.3 is 15.0 Å². The predicted octanol–water partition coefficient (Wildman–Crippen LogP) is 0.129. The van der Waals surface area contributed by atoms with Gasteiger partial charge in [0.15, 0.2) is 0 Å². The third-order valence-corrected chi connectivity index (χ3v) is 2.62. The molecular weight excluding hydrogens is 244 g/mol. The number of imidazole rings is 1. The Morgan fingerprint density at radius 1 is 1.32 bits per heavy atom. The summed E-state index contributed by atoms with van der Waals surface area (Å²) in [6.07, 6.45) is 4.53. The Morgan fingerprint density at radius 3 is 2.89 bits per heavy atom. The smallest absolute Gasteiger partial charge is 0.239 e. The van der Waals surface area contributed by atoms with Crippen molar-refractivity contribution in [1.29, 1.82) is 0 Å². The topological polar surface area (TPSA) is 75.5 Å². The van der Waals surface area contributed by atoms with Gasteiger partial charge in [-0.15, -0.1) is 0 Å². The molecule has 0 atom stereocenters. The Morgan fingerprint density at radius 2 is 2.16 bits per heavy atom. The zero-order valence-corrected chi connectivity index (χ0v) is 10.7. The number of carbonyl (C=O) groups excluding carboxylic acids is 2. The molecule has 2 rings (SSSR count). The lowest BCUT2D eigenvalue weighted by Crippen LogP contribution is -2.36. The molecule has 19 heavy (non-hydrogen) atoms. The van der Waals surface area contributed by atoms with Gasteiger partial charge in [-0.3, -0.25) is 9.59 Å². The van der Waals surface area contributed by atoms with Gasteiger partial charge in [-0.05, 0) is 12.1 Å². The number of carbonyl (C=O) groups is 2. The van der Waals surface area contributed by atoms with Gasteiger partial charge in [0.25, 0.3) is 0 Å². The summed E-state index contributed by atoms with van der Waals surface area (Å²) in [5.41, 5.74) is 1.81. The second-order valence-corrected chi connectivity index (χ2v) is 4.21. The summed E-state index contributed by atoms with van der Waals surface area (Å²) in [5, 5.41) is 5.17. The molecule has 6 nitrogen and oxygen atoms in total. The molecule has 0 aliphatic heterocycles. The number of rotatable bonds is 5. The van der Waals surface area contributed by atoms with Crippen molar-refractivity contribution in [3.63, 3.8) is 0 Å². The first-order chi connectivity index (χ1) is 9.15. The summed E-state index contributed by atoms with van der Waals surface area (Å²) < 4.78 is 1.94. The number of nitrogens with one attached hydrogen (secondary N) is 2. The summed E-state index contributed by atoms with van der Waals surface area (Å²) in [6.45, 7) is 1.90. The summed E-state index contributed by atoms with van der Waals surface area (Å²) >= 11 is 0. The lowest BCUT2D eigenvalue weighted by molar-refractivity contribution is -0.125. The highest BCUT2D eigenvalue weighted by Gasteiger charge is 2.03. The van der Waals surface area contributed by atoms with Crippen molar-refractivity contribution in [3.05, 3.63) is 36.3 Å². The Kier molecular flexibility index (Phi) is 4.12. The molecule has 100 valence electrons. The average Bonchev–Trinajstić information content (AvgIpc) is 2.79. The number of hydrogen-bond donors (Lipinski definition) is 2. The number of pyridine rings is 1. The SMILES string of the molecule is CC(=O)NCC(=O)NCCc1cn2ccccc2n1. The van der Waals surface area contributed by atoms with E-state index >= 15 is 0 Å². The van der Waals surface area contributed by atoms with Crippen LogP contribution in [-0.4, -0.2) is 34.3 Å². The summed E-state index contributed by atoms with van der Waals surface area (Å²) in [6, 6.07) is 5.80. The highest BCUT2D eigenvalue weighted by Crippen LogP contribution is 2.04. The molecule has 2 heterocycles. The second-order valence-electron chi connectivity index (χ2n) is 4.21. The molecule has 0 aromatic carbocycles. The van der Waals surface area contributed by atoms with E-state index in [0.717, 1.165) is 11.3 Å². The normalized spacial score (nSPS) is 10.4. The molecule has 0 radical (unpaired) electrons. The van der Waals surface area contributed by atoms with Crippen LogP contribution in [0.2, 0.25) is 0 Å². The van der Waals surface area contributed by atoms with Crippen LogP contribution >= 0.6 is 0 Å². The molecule has 6 heteroatoms. The van der Waals surface area contributed by atoms with E-state index in [-0.39, 0.29) is 18.4 Å².